The zero-order valence-electron chi connectivity index (χ0n) is 19.4. The van der Waals surface area contributed by atoms with Crippen molar-refractivity contribution in [1.82, 2.24) is 4.98 Å². The van der Waals surface area contributed by atoms with E-state index in [1.165, 1.54) is 5.56 Å². The molecule has 32 heavy (non-hydrogen) atoms. The third-order valence-electron chi connectivity index (χ3n) is 6.08. The molecule has 2 aliphatic heterocycles. The predicted octanol–water partition coefficient (Wildman–Crippen LogP) is 4.29. The predicted molar refractivity (Wildman–Crippen MR) is 127 cm³/mol. The van der Waals surface area contributed by atoms with Crippen LogP contribution in [0, 0.1) is 18.3 Å². The molecule has 0 unspecified atom stereocenters. The Morgan fingerprint density at radius 3 is 2.72 bits per heavy atom. The van der Waals surface area contributed by atoms with Gasteiger partial charge >= 0.3 is 0 Å². The summed E-state index contributed by atoms with van der Waals surface area (Å²) in [6, 6.07) is 8.76. The molecule has 0 aliphatic carbocycles. The molecule has 0 saturated carbocycles. The summed E-state index contributed by atoms with van der Waals surface area (Å²) in [6.07, 6.45) is 1.62. The number of hydrogen-bond donors (Lipinski definition) is 0. The van der Waals surface area contributed by atoms with Crippen molar-refractivity contribution in [3.05, 3.63) is 46.0 Å². The highest BCUT2D eigenvalue weighted by Crippen LogP contribution is 2.39. The maximum Gasteiger partial charge on any atom is 0.135 e. The van der Waals surface area contributed by atoms with Crippen molar-refractivity contribution < 1.29 is 14.2 Å². The van der Waals surface area contributed by atoms with Crippen LogP contribution in [0.3, 0.4) is 0 Å². The molecular formula is C25H31N3O3S. The quantitative estimate of drug-likeness (QED) is 0.604. The van der Waals surface area contributed by atoms with Crippen LogP contribution in [0.4, 0.5) is 5.82 Å². The summed E-state index contributed by atoms with van der Waals surface area (Å²) < 4.78 is 17.0. The van der Waals surface area contributed by atoms with E-state index in [-0.39, 0.29) is 5.60 Å². The molecule has 6 nitrogen and oxygen atoms in total. The fraction of sp³-hybridized carbons (Fsp3) is 0.520. The summed E-state index contributed by atoms with van der Waals surface area (Å²) in [5.74, 6) is 2.72. The maximum atomic E-state index is 10.1. The number of morpholine rings is 1. The molecule has 1 aromatic carbocycles. The van der Waals surface area contributed by atoms with Gasteiger partial charge in [-0.25, -0.2) is 4.98 Å². The second kappa shape index (κ2) is 9.70. The Bertz CT molecular complexity index is 1030. The second-order valence-electron chi connectivity index (χ2n) is 8.91. The Labute approximate surface area is 194 Å². The first-order chi connectivity index (χ1) is 15.4. The van der Waals surface area contributed by atoms with Crippen LogP contribution >= 0.6 is 11.8 Å². The van der Waals surface area contributed by atoms with E-state index in [9.17, 15) is 5.26 Å². The van der Waals surface area contributed by atoms with Gasteiger partial charge in [0, 0.05) is 30.8 Å². The summed E-state index contributed by atoms with van der Waals surface area (Å²) in [6.45, 7) is 9.74. The van der Waals surface area contributed by atoms with Crippen molar-refractivity contribution in [2.75, 3.05) is 44.1 Å². The first kappa shape index (κ1) is 22.9. The van der Waals surface area contributed by atoms with Crippen molar-refractivity contribution in [2.24, 2.45) is 0 Å². The molecule has 2 aliphatic rings. The lowest BCUT2D eigenvalue weighted by Crippen LogP contribution is -2.39. The number of benzene rings is 1. The van der Waals surface area contributed by atoms with Gasteiger partial charge in [-0.3, -0.25) is 0 Å². The summed E-state index contributed by atoms with van der Waals surface area (Å²) in [4.78, 5) is 7.30. The Balaban J connectivity index is 1.62. The molecule has 0 bridgehead atoms. The molecule has 1 aromatic heterocycles. The number of nitrogens with zero attached hydrogens (tertiary/aromatic N) is 3. The van der Waals surface area contributed by atoms with Gasteiger partial charge in [0.15, 0.2) is 0 Å². The largest absolute Gasteiger partial charge is 0.496 e. The second-order valence-corrected chi connectivity index (χ2v) is 10.00. The molecule has 1 fully saturated rings. The molecule has 7 heteroatoms. The van der Waals surface area contributed by atoms with Gasteiger partial charge in [0.05, 0.1) is 38.1 Å². The van der Waals surface area contributed by atoms with Crippen molar-refractivity contribution in [3.63, 3.8) is 0 Å². The first-order valence-electron chi connectivity index (χ1n) is 11.1. The van der Waals surface area contributed by atoms with Crippen LogP contribution in [0.15, 0.2) is 23.2 Å². The van der Waals surface area contributed by atoms with E-state index in [1.54, 1.807) is 18.9 Å². The van der Waals surface area contributed by atoms with Gasteiger partial charge in [0.2, 0.25) is 0 Å². The summed E-state index contributed by atoms with van der Waals surface area (Å²) in [5, 5.41) is 10.9. The number of anilines is 1. The molecule has 0 atom stereocenters. The van der Waals surface area contributed by atoms with Crippen molar-refractivity contribution in [2.45, 2.75) is 50.8 Å². The van der Waals surface area contributed by atoms with Crippen LogP contribution in [0.2, 0.25) is 0 Å². The van der Waals surface area contributed by atoms with Gasteiger partial charge in [0.25, 0.3) is 0 Å². The van der Waals surface area contributed by atoms with E-state index in [2.05, 4.69) is 43.9 Å². The lowest BCUT2D eigenvalue weighted by atomic mass is 9.89. The number of methoxy groups -OCH3 is 1. The Morgan fingerprint density at radius 2 is 2.03 bits per heavy atom. The zero-order valence-corrected chi connectivity index (χ0v) is 20.2. The van der Waals surface area contributed by atoms with E-state index in [0.29, 0.717) is 25.4 Å². The Hall–Kier alpha value is -2.27. The molecule has 0 spiro atoms. The fourth-order valence-corrected chi connectivity index (χ4v) is 5.34. The van der Waals surface area contributed by atoms with Gasteiger partial charge in [0.1, 0.15) is 22.7 Å². The summed E-state index contributed by atoms with van der Waals surface area (Å²) in [5.41, 5.74) is 4.99. The first-order valence-corrected chi connectivity index (χ1v) is 12.1. The zero-order chi connectivity index (χ0) is 22.7. The highest BCUT2D eigenvalue weighted by molar-refractivity contribution is 7.99. The lowest BCUT2D eigenvalue weighted by Gasteiger charge is -2.36. The number of thioether (sulfide) groups is 1. The van der Waals surface area contributed by atoms with Crippen LogP contribution in [0.1, 0.15) is 41.7 Å². The minimum atomic E-state index is -0.287. The Morgan fingerprint density at radius 1 is 1.25 bits per heavy atom. The van der Waals surface area contributed by atoms with Gasteiger partial charge in [-0.05, 0) is 49.9 Å². The average Bonchev–Trinajstić information content (AvgIpc) is 2.78. The molecule has 3 heterocycles. The van der Waals surface area contributed by atoms with E-state index < -0.39 is 0 Å². The van der Waals surface area contributed by atoms with E-state index in [0.717, 1.165) is 65.0 Å². The number of aromatic nitrogens is 1. The van der Waals surface area contributed by atoms with E-state index in [1.807, 2.05) is 6.07 Å². The van der Waals surface area contributed by atoms with Crippen LogP contribution in [-0.2, 0) is 28.9 Å². The monoisotopic (exact) mass is 453 g/mol. The van der Waals surface area contributed by atoms with E-state index in [4.69, 9.17) is 19.2 Å². The highest BCUT2D eigenvalue weighted by Gasteiger charge is 2.33. The van der Waals surface area contributed by atoms with Crippen molar-refractivity contribution >= 4 is 17.6 Å². The van der Waals surface area contributed by atoms with Crippen molar-refractivity contribution in [1.29, 1.82) is 5.26 Å². The number of ether oxygens (including phenoxy) is 3. The van der Waals surface area contributed by atoms with Gasteiger partial charge in [-0.15, -0.1) is 11.8 Å². The van der Waals surface area contributed by atoms with E-state index >= 15 is 0 Å². The fourth-order valence-electron chi connectivity index (χ4n) is 4.34. The standard InChI is InChI=1S/C25H31N3O3S/c1-17-13-18(5-6-22(17)29-4)7-12-32-24-20(15-26)19-14-25(2,3)31-16-21(19)23(27-24)28-8-10-30-11-9-28/h5-6,13H,7-12,14,16H2,1-4H3. The van der Waals surface area contributed by atoms with Crippen LogP contribution in [0.5, 0.6) is 5.75 Å². The third-order valence-corrected chi connectivity index (χ3v) is 7.06. The summed E-state index contributed by atoms with van der Waals surface area (Å²) in [7, 11) is 1.70. The lowest BCUT2D eigenvalue weighted by molar-refractivity contribution is -0.0402. The smallest absolute Gasteiger partial charge is 0.135 e. The van der Waals surface area contributed by atoms with Crippen LogP contribution in [0.25, 0.3) is 0 Å². The number of pyridine rings is 1. The highest BCUT2D eigenvalue weighted by atomic mass is 32.2. The van der Waals surface area contributed by atoms with Gasteiger partial charge < -0.3 is 19.1 Å². The molecular weight excluding hydrogens is 422 g/mol. The Kier molecular flexibility index (Phi) is 6.94. The normalized spacial score (nSPS) is 17.5. The molecule has 2 aromatic rings. The molecule has 4 rings (SSSR count). The number of nitriles is 1. The summed E-state index contributed by atoms with van der Waals surface area (Å²) >= 11 is 1.67. The van der Waals surface area contributed by atoms with Gasteiger partial charge in [-0.1, -0.05) is 12.1 Å². The minimum Gasteiger partial charge on any atom is -0.496 e. The maximum absolute atomic E-state index is 10.1. The SMILES string of the molecule is COc1ccc(CCSc2nc(N3CCOCC3)c3c(c2C#N)CC(C)(C)OC3)cc1C. The molecule has 1 saturated heterocycles. The number of aryl methyl sites for hydroxylation is 2. The number of fused-ring (bicyclic) bond motifs is 1. The molecule has 170 valence electrons. The number of hydrogen-bond acceptors (Lipinski definition) is 7. The number of rotatable bonds is 6. The van der Waals surface area contributed by atoms with Gasteiger partial charge in [-0.2, -0.15) is 5.26 Å². The minimum absolute atomic E-state index is 0.287. The van der Waals surface area contributed by atoms with Crippen molar-refractivity contribution in [3.8, 4) is 11.8 Å². The topological polar surface area (TPSA) is 67.6 Å². The van der Waals surface area contributed by atoms with Crippen LogP contribution < -0.4 is 9.64 Å². The molecule has 0 amide bonds. The molecule has 0 N–H and O–H groups in total. The van der Waals surface area contributed by atoms with Crippen LogP contribution in [-0.4, -0.2) is 49.8 Å². The third kappa shape index (κ3) is 4.88. The molecule has 0 radical (unpaired) electrons. The average molecular weight is 454 g/mol.